The molecule has 160 valence electrons. The first-order valence-corrected chi connectivity index (χ1v) is 10.7. The summed E-state index contributed by atoms with van der Waals surface area (Å²) in [6, 6.07) is 0.294. The molecule has 0 aromatic rings. The van der Waals surface area contributed by atoms with E-state index in [1.807, 2.05) is 0 Å². The Bertz CT molecular complexity index is 598. The number of carbonyl (C=O) groups excluding carboxylic acids is 1. The molecule has 0 bridgehead atoms. The first-order chi connectivity index (χ1) is 13.3. The molecule has 6 heteroatoms. The van der Waals surface area contributed by atoms with Gasteiger partial charge >= 0.3 is 5.97 Å². The maximum absolute atomic E-state index is 12.4. The molecule has 6 nitrogen and oxygen atoms in total. The highest BCUT2D eigenvalue weighted by atomic mass is 16.6. The van der Waals surface area contributed by atoms with Gasteiger partial charge in [-0.3, -0.25) is 4.79 Å². The van der Waals surface area contributed by atoms with Gasteiger partial charge in [0.25, 0.3) is 0 Å². The molecule has 3 rings (SSSR count). The molecule has 2 aliphatic heterocycles. The first-order valence-electron chi connectivity index (χ1n) is 10.7. The van der Waals surface area contributed by atoms with Crippen molar-refractivity contribution in [2.45, 2.75) is 95.9 Å². The van der Waals surface area contributed by atoms with E-state index in [0.717, 1.165) is 32.3 Å². The number of carbonyl (C=O) groups is 1. The second-order valence-corrected chi connectivity index (χ2v) is 9.10. The lowest BCUT2D eigenvalue weighted by molar-refractivity contribution is -0.171. The lowest BCUT2D eigenvalue weighted by Gasteiger charge is -2.42. The van der Waals surface area contributed by atoms with Gasteiger partial charge in [-0.25, -0.2) is 0 Å². The molecule has 0 aromatic heterocycles. The number of ether oxygens (including phenoxy) is 4. The van der Waals surface area contributed by atoms with Crippen molar-refractivity contribution < 1.29 is 23.7 Å². The Kier molecular flexibility index (Phi) is 6.54. The van der Waals surface area contributed by atoms with E-state index in [1.165, 1.54) is 5.57 Å². The highest BCUT2D eigenvalue weighted by molar-refractivity contribution is 5.72. The summed E-state index contributed by atoms with van der Waals surface area (Å²) in [5, 5.41) is 3.20. The maximum atomic E-state index is 12.4. The third-order valence-electron chi connectivity index (χ3n) is 6.73. The number of methoxy groups -OCH3 is 1. The van der Waals surface area contributed by atoms with Crippen LogP contribution in [0.5, 0.6) is 0 Å². The lowest BCUT2D eigenvalue weighted by Crippen LogP contribution is -2.56. The third-order valence-corrected chi connectivity index (χ3v) is 6.73. The van der Waals surface area contributed by atoms with Crippen molar-refractivity contribution in [2.24, 2.45) is 5.92 Å². The summed E-state index contributed by atoms with van der Waals surface area (Å²) >= 11 is 0. The second-order valence-electron chi connectivity index (χ2n) is 9.10. The summed E-state index contributed by atoms with van der Waals surface area (Å²) in [6.45, 7) is 11.5. The fourth-order valence-electron chi connectivity index (χ4n) is 4.68. The number of epoxide rings is 2. The first kappa shape index (κ1) is 21.8. The molecule has 1 aliphatic carbocycles. The van der Waals surface area contributed by atoms with E-state index < -0.39 is 0 Å². The Hall–Kier alpha value is -0.950. The molecule has 0 amide bonds. The third kappa shape index (κ3) is 4.45. The van der Waals surface area contributed by atoms with E-state index in [-0.39, 0.29) is 47.9 Å². The molecule has 2 saturated heterocycles. The van der Waals surface area contributed by atoms with Gasteiger partial charge in [0.15, 0.2) is 0 Å². The molecular formula is C22H37NO5. The Balaban J connectivity index is 1.67. The minimum absolute atomic E-state index is 0.0645. The summed E-state index contributed by atoms with van der Waals surface area (Å²) in [5.41, 5.74) is 0.804. The van der Waals surface area contributed by atoms with Gasteiger partial charge in [-0.15, -0.1) is 0 Å². The zero-order chi connectivity index (χ0) is 20.5. The van der Waals surface area contributed by atoms with Crippen LogP contribution in [0.2, 0.25) is 0 Å². The predicted octanol–water partition coefficient (Wildman–Crippen LogP) is 2.99. The van der Waals surface area contributed by atoms with E-state index in [1.54, 1.807) is 7.11 Å². The van der Waals surface area contributed by atoms with Gasteiger partial charge in [-0.05, 0) is 53.4 Å². The van der Waals surface area contributed by atoms with Gasteiger partial charge in [-0.1, -0.05) is 18.6 Å². The van der Waals surface area contributed by atoms with Gasteiger partial charge in [0.05, 0.1) is 25.2 Å². The van der Waals surface area contributed by atoms with Crippen LogP contribution in [0.3, 0.4) is 0 Å². The van der Waals surface area contributed by atoms with E-state index in [9.17, 15) is 4.79 Å². The maximum Gasteiger partial charge on any atom is 0.320 e. The molecule has 3 fully saturated rings. The van der Waals surface area contributed by atoms with Crippen LogP contribution in [-0.2, 0) is 23.7 Å². The minimum atomic E-state index is -0.302. The van der Waals surface area contributed by atoms with Crippen LogP contribution in [0.25, 0.3) is 0 Å². The van der Waals surface area contributed by atoms with Crippen molar-refractivity contribution in [3.05, 3.63) is 11.6 Å². The fourth-order valence-corrected chi connectivity index (χ4v) is 4.68. The Labute approximate surface area is 169 Å². The normalized spacial score (nSPS) is 40.1. The highest BCUT2D eigenvalue weighted by Crippen LogP contribution is 2.59. The number of hydrogen-bond donors (Lipinski definition) is 1. The number of rotatable bonds is 9. The van der Waals surface area contributed by atoms with Crippen LogP contribution in [0, 0.1) is 5.92 Å². The summed E-state index contributed by atoms with van der Waals surface area (Å²) in [7, 11) is 1.70. The predicted molar refractivity (Wildman–Crippen MR) is 107 cm³/mol. The van der Waals surface area contributed by atoms with E-state index in [0.29, 0.717) is 6.04 Å². The monoisotopic (exact) mass is 395 g/mol. The summed E-state index contributed by atoms with van der Waals surface area (Å²) in [5.74, 6) is -0.156. The van der Waals surface area contributed by atoms with Crippen molar-refractivity contribution in [2.75, 3.05) is 20.3 Å². The topological polar surface area (TPSA) is 72.6 Å². The molecule has 1 N–H and O–H groups in total. The molecule has 7 atom stereocenters. The van der Waals surface area contributed by atoms with Crippen LogP contribution < -0.4 is 5.32 Å². The van der Waals surface area contributed by atoms with Crippen LogP contribution in [0.15, 0.2) is 11.6 Å². The van der Waals surface area contributed by atoms with E-state index in [4.69, 9.17) is 18.9 Å². The van der Waals surface area contributed by atoms with Crippen molar-refractivity contribution in [1.29, 1.82) is 0 Å². The van der Waals surface area contributed by atoms with Crippen LogP contribution in [0.4, 0.5) is 0 Å². The van der Waals surface area contributed by atoms with E-state index in [2.05, 4.69) is 46.0 Å². The van der Waals surface area contributed by atoms with Gasteiger partial charge in [0.2, 0.25) is 0 Å². The van der Waals surface area contributed by atoms with Gasteiger partial charge in [-0.2, -0.15) is 0 Å². The number of nitrogens with one attached hydrogen (secondary N) is 1. The van der Waals surface area contributed by atoms with E-state index >= 15 is 0 Å². The van der Waals surface area contributed by atoms with Crippen LogP contribution in [-0.4, -0.2) is 61.8 Å². The highest BCUT2D eigenvalue weighted by Gasteiger charge is 2.72. The summed E-state index contributed by atoms with van der Waals surface area (Å²) < 4.78 is 23.9. The second kappa shape index (κ2) is 8.42. The Morgan fingerprint density at radius 2 is 2.11 bits per heavy atom. The molecule has 1 saturated carbocycles. The summed E-state index contributed by atoms with van der Waals surface area (Å²) in [4.78, 5) is 12.4. The molecule has 2 heterocycles. The van der Waals surface area contributed by atoms with Gasteiger partial charge in [0, 0.05) is 13.2 Å². The quantitative estimate of drug-likeness (QED) is 0.368. The summed E-state index contributed by atoms with van der Waals surface area (Å²) in [6.07, 6.45) is 5.41. The number of allylic oxidation sites excluding steroid dienone is 1. The van der Waals surface area contributed by atoms with Gasteiger partial charge in [0.1, 0.15) is 23.4 Å². The zero-order valence-electron chi connectivity index (χ0n) is 18.2. The average molecular weight is 396 g/mol. The van der Waals surface area contributed by atoms with Crippen molar-refractivity contribution in [3.8, 4) is 0 Å². The standard InChI is InChI=1S/C22H37NO5/c1-7-15(4)23-12-18(24)27-16-10-11-22(13-26-22)20(19(16)25-6)21(5)17(28-21)9-8-14(2)3/h8,15-17,19-20,23H,7,9-13H2,1-6H3/t15?,16-,17?,19-,20-,21+,22+/m1/s1. The molecule has 3 aliphatic rings. The fraction of sp³-hybridized carbons (Fsp3) is 0.864. The SMILES string of the molecule is CCC(C)NCC(=O)O[C@@H]1CC[C@]2(CO2)[C@@H]([C@@]2(C)OC2CC=C(C)C)[C@@H]1OC. The Morgan fingerprint density at radius 1 is 1.39 bits per heavy atom. The molecule has 28 heavy (non-hydrogen) atoms. The van der Waals surface area contributed by atoms with Crippen molar-refractivity contribution in [3.63, 3.8) is 0 Å². The lowest BCUT2D eigenvalue weighted by atomic mass is 9.68. The van der Waals surface area contributed by atoms with Gasteiger partial charge < -0.3 is 24.3 Å². The largest absolute Gasteiger partial charge is 0.459 e. The average Bonchev–Trinajstić information content (AvgIpc) is 3.57. The molecule has 1 spiro atoms. The van der Waals surface area contributed by atoms with Crippen LogP contribution in [0.1, 0.15) is 60.3 Å². The Morgan fingerprint density at radius 3 is 2.68 bits per heavy atom. The van der Waals surface area contributed by atoms with Crippen molar-refractivity contribution >= 4 is 5.97 Å². The number of hydrogen-bond acceptors (Lipinski definition) is 6. The smallest absolute Gasteiger partial charge is 0.320 e. The zero-order valence-corrected chi connectivity index (χ0v) is 18.2. The van der Waals surface area contributed by atoms with Crippen LogP contribution >= 0.6 is 0 Å². The molecule has 0 aromatic carbocycles. The number of esters is 1. The molecule has 0 radical (unpaired) electrons. The molecule has 2 unspecified atom stereocenters. The van der Waals surface area contributed by atoms with Crippen molar-refractivity contribution in [1.82, 2.24) is 5.32 Å². The minimum Gasteiger partial charge on any atom is -0.459 e. The molecular weight excluding hydrogens is 358 g/mol.